The third-order valence-corrected chi connectivity index (χ3v) is 16.6. The monoisotopic (exact) mass is 691 g/mol. The van der Waals surface area contributed by atoms with E-state index in [9.17, 15) is 0 Å². The molecule has 3 atom stereocenters. The van der Waals surface area contributed by atoms with Crippen LogP contribution >= 0.6 is 0 Å². The van der Waals surface area contributed by atoms with Crippen LogP contribution in [-0.2, 0) is 4.74 Å². The van der Waals surface area contributed by atoms with Crippen molar-refractivity contribution in [3.8, 4) is 0 Å². The molecule has 0 spiro atoms. The molecule has 7 fully saturated rings. The van der Waals surface area contributed by atoms with Gasteiger partial charge in [0.05, 0.1) is 6.10 Å². The van der Waals surface area contributed by atoms with Crippen molar-refractivity contribution in [1.29, 1.82) is 0 Å². The van der Waals surface area contributed by atoms with Crippen LogP contribution in [0.4, 0.5) is 0 Å². The van der Waals surface area contributed by atoms with Gasteiger partial charge in [0, 0.05) is 49.3 Å². The summed E-state index contributed by atoms with van der Waals surface area (Å²) in [5, 5.41) is 0. The first-order chi connectivity index (χ1) is 24.6. The molecule has 0 N–H and O–H groups in total. The van der Waals surface area contributed by atoms with Crippen molar-refractivity contribution in [1.82, 2.24) is 9.80 Å². The molecule has 0 aromatic heterocycles. The minimum atomic E-state index is 0.416. The van der Waals surface area contributed by atoms with E-state index in [2.05, 4.69) is 35.8 Å². The lowest BCUT2D eigenvalue weighted by molar-refractivity contribution is -0.0353. The zero-order valence-corrected chi connectivity index (χ0v) is 33.5. The quantitative estimate of drug-likeness (QED) is 0.212. The number of ether oxygens (including phenoxy) is 1. The Labute approximate surface area is 310 Å². The van der Waals surface area contributed by atoms with Gasteiger partial charge in [-0.05, 0) is 177 Å². The van der Waals surface area contributed by atoms with Crippen LogP contribution < -0.4 is 0 Å². The van der Waals surface area contributed by atoms with E-state index < -0.39 is 0 Å². The van der Waals surface area contributed by atoms with E-state index >= 15 is 0 Å². The van der Waals surface area contributed by atoms with Gasteiger partial charge in [-0.15, -0.1) is 0 Å². The first-order valence-electron chi connectivity index (χ1n) is 23.3. The Morgan fingerprint density at radius 2 is 0.800 bits per heavy atom. The van der Waals surface area contributed by atoms with Crippen LogP contribution in [0.5, 0.6) is 0 Å². The van der Waals surface area contributed by atoms with E-state index in [0.717, 1.165) is 65.8 Å². The SMILES string of the molecule is COC1CC(N(C2CCCCC2)C2CCCCC2)CCC1/C=C/C1CCC(C2CCC(N(C3CCC(C)CC3)C3CCC(C)CC3)CC2)CC1. The predicted octanol–water partition coefficient (Wildman–Crippen LogP) is 12.5. The van der Waals surface area contributed by atoms with Gasteiger partial charge in [-0.25, -0.2) is 0 Å². The number of methoxy groups -OCH3 is 1. The summed E-state index contributed by atoms with van der Waals surface area (Å²) in [5.41, 5.74) is 0. The van der Waals surface area contributed by atoms with Gasteiger partial charge in [-0.1, -0.05) is 64.5 Å². The first-order valence-corrected chi connectivity index (χ1v) is 23.3. The Balaban J connectivity index is 0.876. The summed E-state index contributed by atoms with van der Waals surface area (Å²) < 4.78 is 6.33. The Hall–Kier alpha value is -0.380. The lowest BCUT2D eigenvalue weighted by Gasteiger charge is -2.50. The predicted molar refractivity (Wildman–Crippen MR) is 213 cm³/mol. The summed E-state index contributed by atoms with van der Waals surface area (Å²) in [7, 11) is 2.02. The first kappa shape index (κ1) is 37.9. The number of rotatable bonds is 10. The van der Waals surface area contributed by atoms with Crippen LogP contribution in [0.25, 0.3) is 0 Å². The molecule has 0 aromatic rings. The molecule has 286 valence electrons. The van der Waals surface area contributed by atoms with Crippen LogP contribution in [-0.4, -0.2) is 59.3 Å². The molecule has 0 saturated heterocycles. The van der Waals surface area contributed by atoms with Crippen molar-refractivity contribution < 1.29 is 4.74 Å². The Kier molecular flexibility index (Phi) is 14.2. The maximum Gasteiger partial charge on any atom is 0.0648 e. The van der Waals surface area contributed by atoms with Crippen molar-refractivity contribution in [3.63, 3.8) is 0 Å². The van der Waals surface area contributed by atoms with Gasteiger partial charge in [0.2, 0.25) is 0 Å². The normalized spacial score (nSPS) is 42.0. The summed E-state index contributed by atoms with van der Waals surface area (Å²) in [6, 6.07) is 5.15. The molecule has 0 bridgehead atoms. The molecule has 0 aliphatic heterocycles. The number of nitrogens with zero attached hydrogens (tertiary/aromatic N) is 2. The van der Waals surface area contributed by atoms with E-state index in [1.54, 1.807) is 0 Å². The van der Waals surface area contributed by atoms with Crippen LogP contribution in [0.1, 0.15) is 200 Å². The van der Waals surface area contributed by atoms with E-state index in [0.29, 0.717) is 12.0 Å². The van der Waals surface area contributed by atoms with Gasteiger partial charge in [0.25, 0.3) is 0 Å². The van der Waals surface area contributed by atoms with Gasteiger partial charge >= 0.3 is 0 Å². The number of allylic oxidation sites excluding steroid dienone is 1. The Bertz CT molecular complexity index is 943. The standard InChI is InChI=1S/C47H82N2O/c1-35-14-27-43(28-15-35)48(44-29-16-36(2)17-30-44)45-31-24-39(25-32-45)38-21-18-37(19-22-38)20-23-40-26-33-46(34-47(40)50-3)49(41-10-6-4-7-11-41)42-12-8-5-9-13-42/h20,23,35-47H,4-19,21-22,24-34H2,1-3H3/b23-20+. The second-order valence-electron chi connectivity index (χ2n) is 19.8. The maximum atomic E-state index is 6.33. The number of hydrogen-bond acceptors (Lipinski definition) is 3. The fourth-order valence-electron chi connectivity index (χ4n) is 13.5. The molecule has 0 heterocycles. The summed E-state index contributed by atoms with van der Waals surface area (Å²) in [6.07, 6.45) is 48.1. The van der Waals surface area contributed by atoms with Gasteiger partial charge in [0.1, 0.15) is 0 Å². The maximum absolute atomic E-state index is 6.33. The highest BCUT2D eigenvalue weighted by molar-refractivity contribution is 5.03. The molecule has 3 unspecified atom stereocenters. The topological polar surface area (TPSA) is 15.7 Å². The van der Waals surface area contributed by atoms with Crippen LogP contribution in [0.2, 0.25) is 0 Å². The summed E-state index contributed by atoms with van der Waals surface area (Å²) in [5.74, 6) is 5.39. The zero-order valence-electron chi connectivity index (χ0n) is 33.5. The van der Waals surface area contributed by atoms with E-state index in [-0.39, 0.29) is 0 Å². The molecule has 3 nitrogen and oxygen atoms in total. The van der Waals surface area contributed by atoms with Crippen molar-refractivity contribution in [3.05, 3.63) is 12.2 Å². The fourth-order valence-corrected chi connectivity index (χ4v) is 13.5. The molecule has 50 heavy (non-hydrogen) atoms. The lowest BCUT2D eigenvalue weighted by Crippen LogP contribution is -2.53. The van der Waals surface area contributed by atoms with E-state index in [1.807, 2.05) is 7.11 Å². The van der Waals surface area contributed by atoms with Gasteiger partial charge in [-0.3, -0.25) is 9.80 Å². The van der Waals surface area contributed by atoms with E-state index in [1.165, 1.54) is 186 Å². The van der Waals surface area contributed by atoms with Crippen LogP contribution in [0.15, 0.2) is 12.2 Å². The lowest BCUT2D eigenvalue weighted by atomic mass is 9.69. The molecule has 7 aliphatic rings. The molecule has 7 rings (SSSR count). The Morgan fingerprint density at radius 1 is 0.400 bits per heavy atom. The van der Waals surface area contributed by atoms with Crippen molar-refractivity contribution in [2.75, 3.05) is 7.11 Å². The van der Waals surface area contributed by atoms with Gasteiger partial charge < -0.3 is 4.74 Å². The minimum Gasteiger partial charge on any atom is -0.381 e. The highest BCUT2D eigenvalue weighted by Gasteiger charge is 2.41. The summed E-state index contributed by atoms with van der Waals surface area (Å²) >= 11 is 0. The molecule has 0 amide bonds. The fraction of sp³-hybridized carbons (Fsp3) is 0.957. The third-order valence-electron chi connectivity index (χ3n) is 16.6. The van der Waals surface area contributed by atoms with E-state index in [4.69, 9.17) is 4.74 Å². The Morgan fingerprint density at radius 3 is 1.28 bits per heavy atom. The van der Waals surface area contributed by atoms with Gasteiger partial charge in [-0.2, -0.15) is 0 Å². The smallest absolute Gasteiger partial charge is 0.0648 e. The van der Waals surface area contributed by atoms with Gasteiger partial charge in [0.15, 0.2) is 0 Å². The highest BCUT2D eigenvalue weighted by atomic mass is 16.5. The molecule has 3 heteroatoms. The molecular formula is C47H82N2O. The molecule has 0 radical (unpaired) electrons. The van der Waals surface area contributed by atoms with Crippen LogP contribution in [0, 0.1) is 35.5 Å². The highest BCUT2D eigenvalue weighted by Crippen LogP contribution is 2.45. The molecule has 0 aromatic carbocycles. The molecule has 7 aliphatic carbocycles. The third kappa shape index (κ3) is 9.64. The average Bonchev–Trinajstić information content (AvgIpc) is 3.17. The summed E-state index contributed by atoms with van der Waals surface area (Å²) in [4.78, 5) is 6.31. The second-order valence-corrected chi connectivity index (χ2v) is 19.8. The summed E-state index contributed by atoms with van der Waals surface area (Å²) in [6.45, 7) is 5.01. The zero-order chi connectivity index (χ0) is 34.3. The van der Waals surface area contributed by atoms with Crippen LogP contribution in [0.3, 0.4) is 0 Å². The largest absolute Gasteiger partial charge is 0.381 e. The second kappa shape index (κ2) is 18.8. The number of hydrogen-bond donors (Lipinski definition) is 0. The minimum absolute atomic E-state index is 0.416. The van der Waals surface area contributed by atoms with Crippen molar-refractivity contribution in [2.24, 2.45) is 35.5 Å². The average molecular weight is 691 g/mol. The van der Waals surface area contributed by atoms with Crippen molar-refractivity contribution in [2.45, 2.75) is 242 Å². The molecular weight excluding hydrogens is 609 g/mol. The van der Waals surface area contributed by atoms with Crippen molar-refractivity contribution >= 4 is 0 Å². The molecule has 7 saturated carbocycles.